The van der Waals surface area contributed by atoms with Crippen molar-refractivity contribution in [2.45, 2.75) is 242 Å². The summed E-state index contributed by atoms with van der Waals surface area (Å²) in [6, 6.07) is 0. The third-order valence-corrected chi connectivity index (χ3v) is 22.1. The Morgan fingerprint density at radius 3 is 1.81 bits per heavy atom. The first kappa shape index (κ1) is 65.7. The number of esters is 1. The highest BCUT2D eigenvalue weighted by atomic mass is 16.8. The summed E-state index contributed by atoms with van der Waals surface area (Å²) in [5, 5.41) is 154. The van der Waals surface area contributed by atoms with Crippen molar-refractivity contribution in [2.24, 2.45) is 50.2 Å². The van der Waals surface area contributed by atoms with Crippen LogP contribution < -0.4 is 0 Å². The lowest BCUT2D eigenvalue weighted by Gasteiger charge is -2.72. The van der Waals surface area contributed by atoms with Gasteiger partial charge < -0.3 is 119 Å². The summed E-state index contributed by atoms with van der Waals surface area (Å²) >= 11 is 0. The zero-order chi connectivity index (χ0) is 61.7. The van der Waals surface area contributed by atoms with E-state index in [0.29, 0.717) is 44.1 Å². The van der Waals surface area contributed by atoms with Gasteiger partial charge in [0.05, 0.1) is 49.5 Å². The SMILES string of the molecule is C/C=C(\C)C(=O)OC1CC(C)(C)CC2C3=CCC4C5(C)CCC(OC6OC(C(=O)O)C(O)C(OC7OCC(O)C(O)C7OC7OC(CO)C(O)C(O)C7O)C6OC6OC(CO)C(O)C(O)C6O)C(C)(C=O)C5CCC4(C)C3(C)CC(O)C12CO. The molecular formula is C58H90O26. The number of aliphatic carboxylic acids is 1. The third kappa shape index (κ3) is 10.7. The number of carboxylic acids is 1. The summed E-state index contributed by atoms with van der Waals surface area (Å²) in [6.07, 6.45) is -32.0. The molecule has 4 heterocycles. The molecule has 0 amide bonds. The van der Waals surface area contributed by atoms with E-state index in [1.54, 1.807) is 26.8 Å². The lowest BCUT2D eigenvalue weighted by Crippen LogP contribution is -2.70. The minimum atomic E-state index is -2.30. The summed E-state index contributed by atoms with van der Waals surface area (Å²) in [6.45, 7) is 13.1. The minimum absolute atomic E-state index is 0.103. The first-order chi connectivity index (χ1) is 39.4. The summed E-state index contributed by atoms with van der Waals surface area (Å²) in [7, 11) is 0. The Labute approximate surface area is 487 Å². The van der Waals surface area contributed by atoms with Gasteiger partial charge in [-0.15, -0.1) is 0 Å². The first-order valence-corrected chi connectivity index (χ1v) is 29.4. The topological polar surface area (TPSA) is 418 Å². The Kier molecular flexibility index (Phi) is 18.9. The largest absolute Gasteiger partial charge is 0.479 e. The van der Waals surface area contributed by atoms with E-state index in [0.717, 1.165) is 11.9 Å². The van der Waals surface area contributed by atoms with Gasteiger partial charge in [0.1, 0.15) is 97.8 Å². The van der Waals surface area contributed by atoms with Crippen molar-refractivity contribution < 1.29 is 129 Å². The molecule has 0 radical (unpaired) electrons. The molecule has 14 N–H and O–H groups in total. The Balaban J connectivity index is 1.05. The summed E-state index contributed by atoms with van der Waals surface area (Å²) in [4.78, 5) is 40.7. The van der Waals surface area contributed by atoms with Gasteiger partial charge in [-0.3, -0.25) is 0 Å². The van der Waals surface area contributed by atoms with E-state index in [4.69, 9.17) is 42.6 Å². The number of ether oxygens (including phenoxy) is 9. The lowest BCUT2D eigenvalue weighted by atomic mass is 9.33. The Bertz CT molecular complexity index is 2440. The second-order valence-electron chi connectivity index (χ2n) is 27.1. The minimum Gasteiger partial charge on any atom is -0.479 e. The Morgan fingerprint density at radius 1 is 0.655 bits per heavy atom. The van der Waals surface area contributed by atoms with Gasteiger partial charge in [0, 0.05) is 5.57 Å². The van der Waals surface area contributed by atoms with Crippen LogP contribution in [0.3, 0.4) is 0 Å². The molecule has 0 aromatic heterocycles. The monoisotopic (exact) mass is 1200 g/mol. The van der Waals surface area contributed by atoms with Gasteiger partial charge in [-0.1, -0.05) is 59.3 Å². The second kappa shape index (κ2) is 24.2. The molecule has 26 nitrogen and oxygen atoms in total. The fourth-order valence-electron chi connectivity index (χ4n) is 16.9. The Hall–Kier alpha value is -2.75. The summed E-state index contributed by atoms with van der Waals surface area (Å²) in [5.74, 6) is -3.15. The van der Waals surface area contributed by atoms with Crippen LogP contribution in [0.2, 0.25) is 0 Å². The third-order valence-electron chi connectivity index (χ3n) is 22.1. The van der Waals surface area contributed by atoms with Crippen LogP contribution in [0, 0.1) is 50.2 Å². The lowest BCUT2D eigenvalue weighted by molar-refractivity contribution is -0.400. The van der Waals surface area contributed by atoms with E-state index in [1.807, 2.05) is 0 Å². The van der Waals surface area contributed by atoms with Crippen molar-refractivity contribution in [3.05, 3.63) is 23.3 Å². The molecule has 26 heteroatoms. The molecule has 30 unspecified atom stereocenters. The number of aliphatic hydroxyl groups is 13. The maximum Gasteiger partial charge on any atom is 0.335 e. The predicted octanol–water partition coefficient (Wildman–Crippen LogP) is -2.19. The van der Waals surface area contributed by atoms with Gasteiger partial charge in [-0.25, -0.2) is 9.59 Å². The van der Waals surface area contributed by atoms with Crippen molar-refractivity contribution in [3.63, 3.8) is 0 Å². The number of carboxylic acid groups (broad SMARTS) is 1. The van der Waals surface area contributed by atoms with Crippen LogP contribution in [-0.4, -0.2) is 251 Å². The fourth-order valence-corrected chi connectivity index (χ4v) is 16.9. The van der Waals surface area contributed by atoms with Gasteiger partial charge in [0.25, 0.3) is 0 Å². The smallest absolute Gasteiger partial charge is 0.335 e. The molecule has 4 saturated heterocycles. The molecule has 4 aliphatic heterocycles. The van der Waals surface area contributed by atoms with Crippen molar-refractivity contribution in [1.82, 2.24) is 0 Å². The molecule has 30 atom stereocenters. The molecule has 9 rings (SSSR count). The van der Waals surface area contributed by atoms with Crippen LogP contribution in [0.15, 0.2) is 23.3 Å². The van der Waals surface area contributed by atoms with Gasteiger partial charge in [-0.05, 0) is 105 Å². The van der Waals surface area contributed by atoms with Crippen LogP contribution in [-0.2, 0) is 57.0 Å². The number of rotatable bonds is 15. The van der Waals surface area contributed by atoms with E-state index in [1.165, 1.54) is 0 Å². The van der Waals surface area contributed by atoms with Gasteiger partial charge in [0.15, 0.2) is 31.3 Å². The van der Waals surface area contributed by atoms with Crippen LogP contribution in [0.25, 0.3) is 0 Å². The number of allylic oxidation sites excluding steroid dienone is 3. The quantitative estimate of drug-likeness (QED) is 0.0272. The Morgan fingerprint density at radius 2 is 1.25 bits per heavy atom. The van der Waals surface area contributed by atoms with Crippen molar-refractivity contribution >= 4 is 18.2 Å². The molecule has 8 fully saturated rings. The normalized spacial score (nSPS) is 52.1. The number of aldehydes is 1. The molecule has 0 spiro atoms. The number of fused-ring (bicyclic) bond motifs is 7. The predicted molar refractivity (Wildman–Crippen MR) is 284 cm³/mol. The van der Waals surface area contributed by atoms with Gasteiger partial charge in [-0.2, -0.15) is 0 Å². The van der Waals surface area contributed by atoms with Gasteiger partial charge >= 0.3 is 11.9 Å². The van der Waals surface area contributed by atoms with Crippen LogP contribution in [0.5, 0.6) is 0 Å². The average molecular weight is 1200 g/mol. The molecule has 0 aromatic rings. The molecule has 0 aromatic carbocycles. The number of hydrogen-bond donors (Lipinski definition) is 14. The number of aliphatic hydroxyl groups excluding tert-OH is 13. The molecule has 9 aliphatic rings. The van der Waals surface area contributed by atoms with Crippen molar-refractivity contribution in [1.29, 1.82) is 0 Å². The number of carbonyl (C=O) groups is 3. The van der Waals surface area contributed by atoms with E-state index in [9.17, 15) is 85.9 Å². The highest BCUT2D eigenvalue weighted by molar-refractivity contribution is 5.87. The first-order valence-electron chi connectivity index (χ1n) is 29.4. The van der Waals surface area contributed by atoms with E-state index in [2.05, 4.69) is 40.7 Å². The maximum atomic E-state index is 14.2. The van der Waals surface area contributed by atoms with Crippen LogP contribution in [0.1, 0.15) is 107 Å². The van der Waals surface area contributed by atoms with E-state index < -0.39 is 206 Å². The molecule has 5 aliphatic carbocycles. The summed E-state index contributed by atoms with van der Waals surface area (Å²) < 4.78 is 54.6. The number of hydrogen-bond acceptors (Lipinski definition) is 25. The maximum absolute atomic E-state index is 14.2. The zero-order valence-corrected chi connectivity index (χ0v) is 48.8. The van der Waals surface area contributed by atoms with Crippen molar-refractivity contribution in [3.8, 4) is 0 Å². The highest BCUT2D eigenvalue weighted by Crippen LogP contribution is 2.76. The fraction of sp³-hybridized carbons (Fsp3) is 0.879. The second-order valence-corrected chi connectivity index (χ2v) is 27.1. The van der Waals surface area contributed by atoms with Crippen molar-refractivity contribution in [2.75, 3.05) is 26.4 Å². The number of carbonyl (C=O) groups excluding carboxylic acids is 2. The molecule has 4 saturated carbocycles. The van der Waals surface area contributed by atoms with Crippen LogP contribution in [0.4, 0.5) is 0 Å². The van der Waals surface area contributed by atoms with Crippen LogP contribution >= 0.6 is 0 Å². The van der Waals surface area contributed by atoms with Gasteiger partial charge in [0.2, 0.25) is 0 Å². The van der Waals surface area contributed by atoms with E-state index in [-0.39, 0.29) is 30.1 Å². The summed E-state index contributed by atoms with van der Waals surface area (Å²) in [5.41, 5.74) is -3.14. The molecular weight excluding hydrogens is 1110 g/mol. The highest BCUT2D eigenvalue weighted by Gasteiger charge is 2.73. The molecule has 478 valence electrons. The zero-order valence-electron chi connectivity index (χ0n) is 48.8. The molecule has 84 heavy (non-hydrogen) atoms. The van der Waals surface area contributed by atoms with E-state index >= 15 is 0 Å². The average Bonchev–Trinajstić information content (AvgIpc) is 0.764. The molecule has 0 bridgehead atoms. The standard InChI is InChI=1S/C58H90O26/c1-9-24(2)48(75)79-34-18-53(3,4)16-26-25-10-11-31-54(5)14-13-33(55(6,22-61)30(54)12-15-56(31,7)57(25,8)17-32(64)58(26,34)23-62)80-52-46(84-50-41(71)39(69)37(67)29(20-60)78-50)43(42(72)44(82-52)47(73)74)81-51-45(35(65)27(63)21-76-51)83-49-40(70)38(68)36(66)28(19-59)77-49/h9-10,22,26-46,49-52,59-60,62-72H,11-21,23H2,1-8H3,(H,73,74)/b24-9+.